The smallest absolute Gasteiger partial charge is 0.0351 e. The quantitative estimate of drug-likeness (QED) is 0.770. The van der Waals surface area contributed by atoms with Crippen LogP contribution >= 0.6 is 0 Å². The molecular formula is C19H38N4. The predicted molar refractivity (Wildman–Crippen MR) is 98.0 cm³/mol. The van der Waals surface area contributed by atoms with Gasteiger partial charge in [0.2, 0.25) is 0 Å². The lowest BCUT2D eigenvalue weighted by molar-refractivity contribution is -0.0295. The lowest BCUT2D eigenvalue weighted by atomic mass is 10.0. The van der Waals surface area contributed by atoms with E-state index < -0.39 is 0 Å². The van der Waals surface area contributed by atoms with Gasteiger partial charge in [-0.2, -0.15) is 0 Å². The number of hydrogen-bond acceptors (Lipinski definition) is 4. The number of nitrogens with zero attached hydrogens (tertiary/aromatic N) is 4. The van der Waals surface area contributed by atoms with Gasteiger partial charge >= 0.3 is 0 Å². The summed E-state index contributed by atoms with van der Waals surface area (Å²) in [5.41, 5.74) is 0.667. The summed E-state index contributed by atoms with van der Waals surface area (Å²) in [4.78, 5) is 10.8. The molecule has 4 heteroatoms. The first-order valence-electron chi connectivity index (χ1n) is 9.63. The van der Waals surface area contributed by atoms with Crippen LogP contribution in [0.5, 0.6) is 0 Å². The van der Waals surface area contributed by atoms with Gasteiger partial charge < -0.3 is 0 Å². The first-order valence-corrected chi connectivity index (χ1v) is 9.63. The Balaban J connectivity index is 1.41. The Bertz CT molecular complexity index is 395. The van der Waals surface area contributed by atoms with Crippen molar-refractivity contribution in [2.24, 2.45) is 0 Å². The van der Waals surface area contributed by atoms with Gasteiger partial charge in [0.25, 0.3) is 0 Å². The second-order valence-electron chi connectivity index (χ2n) is 9.86. The molecule has 4 nitrogen and oxygen atoms in total. The molecule has 134 valence electrons. The number of hydrogen-bond donors (Lipinski definition) is 0. The fourth-order valence-corrected chi connectivity index (χ4v) is 4.42. The van der Waals surface area contributed by atoms with Crippen LogP contribution in [0.4, 0.5) is 0 Å². The zero-order chi connectivity index (χ0) is 16.8. The van der Waals surface area contributed by atoms with Crippen molar-refractivity contribution in [1.82, 2.24) is 19.6 Å². The monoisotopic (exact) mass is 322 g/mol. The number of rotatable bonds is 2. The molecule has 0 aromatic rings. The van der Waals surface area contributed by atoms with E-state index in [-0.39, 0.29) is 0 Å². The summed E-state index contributed by atoms with van der Waals surface area (Å²) < 4.78 is 0. The van der Waals surface area contributed by atoms with E-state index in [1.54, 1.807) is 0 Å². The van der Waals surface area contributed by atoms with Gasteiger partial charge in [-0.25, -0.2) is 0 Å². The third-order valence-electron chi connectivity index (χ3n) is 6.30. The molecule has 1 unspecified atom stereocenters. The third-order valence-corrected chi connectivity index (χ3v) is 6.30. The average Bonchev–Trinajstić information content (AvgIpc) is 2.86. The molecule has 1 atom stereocenters. The molecule has 0 aliphatic carbocycles. The second kappa shape index (κ2) is 6.29. The standard InChI is InChI=1S/C19H38N4/c1-18(2,3)22-11-9-20(10-12-22)17-13-21(14-17)16-7-8-23(15-16)19(4,5)6/h16-17H,7-15H2,1-6H3. The van der Waals surface area contributed by atoms with E-state index in [1.165, 1.54) is 58.8 Å². The highest BCUT2D eigenvalue weighted by atomic mass is 15.4. The molecule has 0 aromatic heterocycles. The van der Waals surface area contributed by atoms with Crippen LogP contribution in [0.15, 0.2) is 0 Å². The van der Waals surface area contributed by atoms with E-state index in [0.29, 0.717) is 11.1 Å². The molecule has 23 heavy (non-hydrogen) atoms. The van der Waals surface area contributed by atoms with Crippen LogP contribution < -0.4 is 0 Å². The first-order chi connectivity index (χ1) is 10.6. The van der Waals surface area contributed by atoms with Gasteiger partial charge in [0.05, 0.1) is 0 Å². The van der Waals surface area contributed by atoms with Crippen LogP contribution in [-0.4, -0.2) is 95.1 Å². The highest BCUT2D eigenvalue weighted by Gasteiger charge is 2.41. The van der Waals surface area contributed by atoms with Gasteiger partial charge in [0.1, 0.15) is 0 Å². The maximum Gasteiger partial charge on any atom is 0.0351 e. The fraction of sp³-hybridized carbons (Fsp3) is 1.00. The summed E-state index contributed by atoms with van der Waals surface area (Å²) in [7, 11) is 0. The lowest BCUT2D eigenvalue weighted by Gasteiger charge is -2.51. The largest absolute Gasteiger partial charge is 0.297 e. The predicted octanol–water partition coefficient (Wildman–Crippen LogP) is 1.96. The Kier molecular flexibility index (Phi) is 4.83. The van der Waals surface area contributed by atoms with E-state index in [2.05, 4.69) is 61.1 Å². The molecule has 0 bridgehead atoms. The molecule has 0 radical (unpaired) electrons. The Morgan fingerprint density at radius 1 is 0.565 bits per heavy atom. The van der Waals surface area contributed by atoms with Crippen molar-refractivity contribution in [2.45, 2.75) is 71.1 Å². The van der Waals surface area contributed by atoms with Crippen molar-refractivity contribution in [3.63, 3.8) is 0 Å². The van der Waals surface area contributed by atoms with Crippen LogP contribution in [0.3, 0.4) is 0 Å². The highest BCUT2D eigenvalue weighted by molar-refractivity contribution is 4.98. The van der Waals surface area contributed by atoms with Crippen molar-refractivity contribution in [3.05, 3.63) is 0 Å². The van der Waals surface area contributed by atoms with Gasteiger partial charge in [0, 0.05) is 75.5 Å². The normalized spacial score (nSPS) is 30.8. The number of likely N-dealkylation sites (tertiary alicyclic amines) is 2. The van der Waals surface area contributed by atoms with Gasteiger partial charge in [-0.3, -0.25) is 19.6 Å². The van der Waals surface area contributed by atoms with E-state index in [9.17, 15) is 0 Å². The third kappa shape index (κ3) is 3.92. The minimum Gasteiger partial charge on any atom is -0.297 e. The zero-order valence-electron chi connectivity index (χ0n) is 16.3. The lowest BCUT2D eigenvalue weighted by Crippen LogP contribution is -2.66. The molecule has 0 aromatic carbocycles. The summed E-state index contributed by atoms with van der Waals surface area (Å²) in [6.07, 6.45) is 1.36. The molecule has 3 aliphatic heterocycles. The molecular weight excluding hydrogens is 284 g/mol. The van der Waals surface area contributed by atoms with E-state index in [0.717, 1.165) is 12.1 Å². The topological polar surface area (TPSA) is 13.0 Å². The first kappa shape index (κ1) is 17.7. The molecule has 3 rings (SSSR count). The van der Waals surface area contributed by atoms with Crippen molar-refractivity contribution in [1.29, 1.82) is 0 Å². The molecule has 3 heterocycles. The van der Waals surface area contributed by atoms with Crippen molar-refractivity contribution in [3.8, 4) is 0 Å². The summed E-state index contributed by atoms with van der Waals surface area (Å²) in [5, 5.41) is 0. The zero-order valence-corrected chi connectivity index (χ0v) is 16.3. The molecule has 0 spiro atoms. The molecule has 3 fully saturated rings. The Labute approximate surface area is 143 Å². The average molecular weight is 323 g/mol. The Morgan fingerprint density at radius 2 is 1.13 bits per heavy atom. The molecule has 0 amide bonds. The van der Waals surface area contributed by atoms with Gasteiger partial charge in [-0.05, 0) is 48.0 Å². The fourth-order valence-electron chi connectivity index (χ4n) is 4.42. The Morgan fingerprint density at radius 3 is 1.61 bits per heavy atom. The molecule has 0 saturated carbocycles. The summed E-state index contributed by atoms with van der Waals surface area (Å²) in [6, 6.07) is 1.63. The van der Waals surface area contributed by atoms with Gasteiger partial charge in [-0.1, -0.05) is 0 Å². The minimum atomic E-state index is 0.331. The van der Waals surface area contributed by atoms with E-state index >= 15 is 0 Å². The number of piperazine rings is 1. The van der Waals surface area contributed by atoms with Gasteiger partial charge in [0.15, 0.2) is 0 Å². The molecule has 3 aliphatic rings. The SMILES string of the molecule is CC(C)(C)N1CCN(C2CN(C3CCN(C(C)(C)C)C3)C2)CC1. The molecule has 3 saturated heterocycles. The van der Waals surface area contributed by atoms with Crippen molar-refractivity contribution >= 4 is 0 Å². The van der Waals surface area contributed by atoms with Crippen molar-refractivity contribution < 1.29 is 0 Å². The van der Waals surface area contributed by atoms with Gasteiger partial charge in [-0.15, -0.1) is 0 Å². The van der Waals surface area contributed by atoms with E-state index in [1.807, 2.05) is 0 Å². The summed E-state index contributed by atoms with van der Waals surface area (Å²) in [6.45, 7) is 24.2. The maximum atomic E-state index is 2.75. The minimum absolute atomic E-state index is 0.331. The van der Waals surface area contributed by atoms with Crippen LogP contribution in [-0.2, 0) is 0 Å². The Hall–Kier alpha value is -0.160. The second-order valence-corrected chi connectivity index (χ2v) is 9.86. The van der Waals surface area contributed by atoms with Crippen LogP contribution in [0.25, 0.3) is 0 Å². The summed E-state index contributed by atoms with van der Waals surface area (Å²) in [5.74, 6) is 0. The molecule has 0 N–H and O–H groups in total. The highest BCUT2D eigenvalue weighted by Crippen LogP contribution is 2.28. The van der Waals surface area contributed by atoms with Crippen LogP contribution in [0, 0.1) is 0 Å². The van der Waals surface area contributed by atoms with Crippen LogP contribution in [0.1, 0.15) is 48.0 Å². The maximum absolute atomic E-state index is 2.75. The van der Waals surface area contributed by atoms with Crippen LogP contribution in [0.2, 0.25) is 0 Å². The van der Waals surface area contributed by atoms with Crippen molar-refractivity contribution in [2.75, 3.05) is 52.4 Å². The van der Waals surface area contributed by atoms with E-state index in [4.69, 9.17) is 0 Å². The summed E-state index contributed by atoms with van der Waals surface area (Å²) >= 11 is 0.